The maximum absolute atomic E-state index is 12.2. The minimum Gasteiger partial charge on any atom is -0.465 e. The molecule has 30 heavy (non-hydrogen) atoms. The summed E-state index contributed by atoms with van der Waals surface area (Å²) >= 11 is 0. The highest BCUT2D eigenvalue weighted by atomic mass is 16.4. The number of carboxylic acid groups (broad SMARTS) is 1. The molecule has 3 aromatic carbocycles. The number of anilines is 2. The van der Waals surface area contributed by atoms with Gasteiger partial charge in [-0.3, -0.25) is 10.1 Å². The molecule has 0 aliphatic rings. The van der Waals surface area contributed by atoms with Gasteiger partial charge in [0.15, 0.2) is 0 Å². The second kappa shape index (κ2) is 10.2. The van der Waals surface area contributed by atoms with Gasteiger partial charge in [0.1, 0.15) is 0 Å². The van der Waals surface area contributed by atoms with Gasteiger partial charge in [0.05, 0.1) is 12.3 Å². The lowest BCUT2D eigenvalue weighted by molar-refractivity contribution is -0.116. The van der Waals surface area contributed by atoms with E-state index >= 15 is 0 Å². The zero-order valence-electron chi connectivity index (χ0n) is 16.5. The lowest BCUT2D eigenvalue weighted by atomic mass is 9.99. The van der Waals surface area contributed by atoms with Gasteiger partial charge in [0, 0.05) is 17.7 Å². The molecule has 0 radical (unpaired) electrons. The number of carbonyl (C=O) groups is 2. The molecule has 6 nitrogen and oxygen atoms in total. The number of nitrogens with one attached hydrogen (secondary N) is 2. The zero-order chi connectivity index (χ0) is 21.3. The van der Waals surface area contributed by atoms with Crippen molar-refractivity contribution in [3.63, 3.8) is 0 Å². The highest BCUT2D eigenvalue weighted by Crippen LogP contribution is 2.29. The van der Waals surface area contributed by atoms with Crippen LogP contribution in [-0.2, 0) is 17.8 Å². The van der Waals surface area contributed by atoms with Crippen molar-refractivity contribution in [2.45, 2.75) is 25.9 Å². The van der Waals surface area contributed by atoms with Gasteiger partial charge in [-0.25, -0.2) is 4.79 Å². The van der Waals surface area contributed by atoms with Gasteiger partial charge in [0.25, 0.3) is 0 Å². The number of aliphatic hydroxyl groups is 1. The van der Waals surface area contributed by atoms with Crippen molar-refractivity contribution in [1.82, 2.24) is 0 Å². The fraction of sp³-hybridized carbons (Fsp3) is 0.167. The van der Waals surface area contributed by atoms with Crippen LogP contribution in [0.25, 0.3) is 11.1 Å². The molecule has 0 saturated carbocycles. The summed E-state index contributed by atoms with van der Waals surface area (Å²) in [7, 11) is 0. The van der Waals surface area contributed by atoms with E-state index in [9.17, 15) is 14.7 Å². The first kappa shape index (κ1) is 21.1. The predicted octanol–water partition coefficient (Wildman–Crippen LogP) is 4.90. The summed E-state index contributed by atoms with van der Waals surface area (Å²) in [4.78, 5) is 23.4. The molecule has 0 bridgehead atoms. The van der Waals surface area contributed by atoms with Crippen molar-refractivity contribution < 1.29 is 19.8 Å². The summed E-state index contributed by atoms with van der Waals surface area (Å²) in [6.45, 7) is -0.0317. The Morgan fingerprint density at radius 2 is 1.53 bits per heavy atom. The van der Waals surface area contributed by atoms with Crippen molar-refractivity contribution >= 4 is 23.4 Å². The molecular weight excluding hydrogens is 380 g/mol. The summed E-state index contributed by atoms with van der Waals surface area (Å²) in [5, 5.41) is 23.5. The van der Waals surface area contributed by atoms with E-state index < -0.39 is 6.09 Å². The van der Waals surface area contributed by atoms with E-state index in [1.165, 1.54) is 0 Å². The van der Waals surface area contributed by atoms with E-state index in [1.54, 1.807) is 24.3 Å². The highest BCUT2D eigenvalue weighted by Gasteiger charge is 2.10. The lowest BCUT2D eigenvalue weighted by Crippen LogP contribution is -2.11. The predicted molar refractivity (Wildman–Crippen MR) is 117 cm³/mol. The Balaban J connectivity index is 1.60. The first-order valence-electron chi connectivity index (χ1n) is 9.73. The van der Waals surface area contributed by atoms with Crippen LogP contribution in [0.1, 0.15) is 24.0 Å². The molecule has 0 saturated heterocycles. The molecule has 0 heterocycles. The van der Waals surface area contributed by atoms with E-state index in [1.807, 2.05) is 48.5 Å². The van der Waals surface area contributed by atoms with Crippen LogP contribution >= 0.6 is 0 Å². The Bertz CT molecular complexity index is 1000. The fourth-order valence-corrected chi connectivity index (χ4v) is 3.21. The summed E-state index contributed by atoms with van der Waals surface area (Å²) in [6.07, 6.45) is 0.526. The molecule has 0 unspecified atom stereocenters. The number of rotatable bonds is 8. The molecule has 0 aliphatic heterocycles. The average molecular weight is 404 g/mol. The van der Waals surface area contributed by atoms with Crippen molar-refractivity contribution in [3.05, 3.63) is 83.9 Å². The molecule has 3 rings (SSSR count). The first-order chi connectivity index (χ1) is 14.5. The van der Waals surface area contributed by atoms with E-state index in [2.05, 4.69) is 10.6 Å². The van der Waals surface area contributed by atoms with Crippen molar-refractivity contribution in [2.24, 2.45) is 0 Å². The summed E-state index contributed by atoms with van der Waals surface area (Å²) in [6, 6.07) is 22.3. The number of hydrogen-bond donors (Lipinski definition) is 4. The Morgan fingerprint density at radius 1 is 0.833 bits per heavy atom. The van der Waals surface area contributed by atoms with Gasteiger partial charge in [-0.2, -0.15) is 0 Å². The van der Waals surface area contributed by atoms with E-state index in [0.29, 0.717) is 30.6 Å². The number of aryl methyl sites for hydroxylation is 1. The maximum atomic E-state index is 12.2. The monoisotopic (exact) mass is 404 g/mol. The number of hydrogen-bond acceptors (Lipinski definition) is 3. The third kappa shape index (κ3) is 5.93. The average Bonchev–Trinajstić information content (AvgIpc) is 2.75. The second-order valence-electron chi connectivity index (χ2n) is 6.93. The molecule has 2 amide bonds. The lowest BCUT2D eigenvalue weighted by Gasteiger charge is -2.12. The van der Waals surface area contributed by atoms with Crippen LogP contribution in [0.3, 0.4) is 0 Å². The van der Waals surface area contributed by atoms with Crippen LogP contribution < -0.4 is 10.6 Å². The second-order valence-corrected chi connectivity index (χ2v) is 6.93. The van der Waals surface area contributed by atoms with Gasteiger partial charge >= 0.3 is 6.09 Å². The number of carbonyl (C=O) groups excluding carboxylic acids is 1. The van der Waals surface area contributed by atoms with Crippen molar-refractivity contribution in [1.29, 1.82) is 0 Å². The quantitative estimate of drug-likeness (QED) is 0.429. The van der Waals surface area contributed by atoms with Crippen LogP contribution in [0, 0.1) is 0 Å². The Kier molecular flexibility index (Phi) is 7.19. The first-order valence-corrected chi connectivity index (χ1v) is 9.73. The van der Waals surface area contributed by atoms with E-state index in [4.69, 9.17) is 5.11 Å². The third-order valence-corrected chi connectivity index (χ3v) is 4.70. The van der Waals surface area contributed by atoms with Gasteiger partial charge in [-0.05, 0) is 47.7 Å². The minimum absolute atomic E-state index is 0.0317. The summed E-state index contributed by atoms with van der Waals surface area (Å²) < 4.78 is 0. The van der Waals surface area contributed by atoms with Crippen LogP contribution in [0.4, 0.5) is 16.2 Å². The number of amides is 2. The number of aliphatic hydroxyl groups excluding tert-OH is 1. The minimum atomic E-state index is -1.11. The topological polar surface area (TPSA) is 98.7 Å². The summed E-state index contributed by atoms with van der Waals surface area (Å²) in [5.41, 5.74) is 4.71. The van der Waals surface area contributed by atoms with Gasteiger partial charge in [-0.1, -0.05) is 54.6 Å². The molecule has 0 aromatic heterocycles. The molecule has 6 heteroatoms. The molecule has 0 fully saturated rings. The normalized spacial score (nSPS) is 10.4. The Hall–Kier alpha value is -3.64. The molecule has 4 N–H and O–H groups in total. The highest BCUT2D eigenvalue weighted by molar-refractivity contribution is 5.91. The maximum Gasteiger partial charge on any atom is 0.409 e. The van der Waals surface area contributed by atoms with Crippen LogP contribution in [-0.4, -0.2) is 22.2 Å². The van der Waals surface area contributed by atoms with Gasteiger partial charge in [0.2, 0.25) is 5.91 Å². The fourth-order valence-electron chi connectivity index (χ4n) is 3.21. The zero-order valence-corrected chi connectivity index (χ0v) is 16.5. The SMILES string of the molecule is O=C(O)Nc1cc(CCCC(=O)Nc2ccc(CO)cc2)ccc1-c1ccccc1. The van der Waals surface area contributed by atoms with Crippen LogP contribution in [0.15, 0.2) is 72.8 Å². The molecule has 0 atom stereocenters. The van der Waals surface area contributed by atoms with Gasteiger partial charge < -0.3 is 15.5 Å². The molecule has 0 aliphatic carbocycles. The van der Waals surface area contributed by atoms with Crippen LogP contribution in [0.2, 0.25) is 0 Å². The van der Waals surface area contributed by atoms with Crippen molar-refractivity contribution in [2.75, 3.05) is 10.6 Å². The largest absolute Gasteiger partial charge is 0.465 e. The standard InChI is InChI=1S/C24H24N2O4/c27-16-18-9-12-20(13-10-18)25-23(28)8-4-5-17-11-14-21(19-6-2-1-3-7-19)22(15-17)26-24(29)30/h1-3,6-7,9-15,26-27H,4-5,8,16H2,(H,25,28)(H,29,30). The van der Waals surface area contributed by atoms with E-state index in [0.717, 1.165) is 22.3 Å². The smallest absolute Gasteiger partial charge is 0.409 e. The number of benzene rings is 3. The molecule has 0 spiro atoms. The molecule has 154 valence electrons. The molecule has 3 aromatic rings. The summed E-state index contributed by atoms with van der Waals surface area (Å²) in [5.74, 6) is -0.0865. The van der Waals surface area contributed by atoms with Gasteiger partial charge in [-0.15, -0.1) is 0 Å². The Morgan fingerprint density at radius 3 is 2.20 bits per heavy atom. The Labute approximate surface area is 175 Å². The van der Waals surface area contributed by atoms with Crippen molar-refractivity contribution in [3.8, 4) is 11.1 Å². The van der Waals surface area contributed by atoms with Crippen LogP contribution in [0.5, 0.6) is 0 Å². The third-order valence-electron chi connectivity index (χ3n) is 4.70. The molecular formula is C24H24N2O4. The van der Waals surface area contributed by atoms with E-state index in [-0.39, 0.29) is 12.5 Å².